The van der Waals surface area contributed by atoms with Gasteiger partial charge in [-0.3, -0.25) is 0 Å². The maximum atomic E-state index is 5.30. The van der Waals surface area contributed by atoms with E-state index >= 15 is 0 Å². The molecule has 0 unspecified atom stereocenters. The molecule has 64 heavy (non-hydrogen) atoms. The van der Waals surface area contributed by atoms with Crippen LogP contribution < -0.4 is 0 Å². The molecule has 13 aromatic rings. The number of benzene rings is 10. The van der Waals surface area contributed by atoms with Gasteiger partial charge in [0.25, 0.3) is 0 Å². The average Bonchev–Trinajstić information content (AvgIpc) is 3.88. The highest BCUT2D eigenvalue weighted by molar-refractivity contribution is 6.25. The monoisotopic (exact) mass is 815 g/mol. The van der Waals surface area contributed by atoms with Crippen LogP contribution in [0, 0.1) is 0 Å². The van der Waals surface area contributed by atoms with E-state index in [0.29, 0.717) is 17.5 Å². The van der Waals surface area contributed by atoms with E-state index in [1.165, 1.54) is 43.4 Å². The minimum Gasteiger partial charge on any atom is -0.309 e. The van der Waals surface area contributed by atoms with E-state index in [1.807, 2.05) is 24.3 Å². The first kappa shape index (κ1) is 36.0. The Hall–Kier alpha value is -8.67. The molecule has 0 N–H and O–H groups in total. The summed E-state index contributed by atoms with van der Waals surface area (Å²) < 4.78 is 4.85. The van der Waals surface area contributed by atoms with Gasteiger partial charge < -0.3 is 9.13 Å². The van der Waals surface area contributed by atoms with Crippen molar-refractivity contribution in [3.8, 4) is 56.7 Å². The van der Waals surface area contributed by atoms with Gasteiger partial charge in [-0.25, -0.2) is 15.0 Å². The number of fused-ring (bicyclic) bond motifs is 9. The van der Waals surface area contributed by atoms with E-state index in [1.54, 1.807) is 0 Å². The molecule has 0 aliphatic heterocycles. The first-order chi connectivity index (χ1) is 31.7. The zero-order valence-electron chi connectivity index (χ0n) is 34.6. The Morgan fingerprint density at radius 2 is 0.797 bits per heavy atom. The molecular weight excluding hydrogens is 779 g/mol. The van der Waals surface area contributed by atoms with E-state index in [0.717, 1.165) is 61.0 Å². The van der Waals surface area contributed by atoms with Gasteiger partial charge >= 0.3 is 0 Å². The van der Waals surface area contributed by atoms with Crippen LogP contribution in [-0.4, -0.2) is 24.1 Å². The van der Waals surface area contributed by atoms with E-state index in [4.69, 9.17) is 15.0 Å². The lowest BCUT2D eigenvalue weighted by atomic mass is 10.0. The van der Waals surface area contributed by atoms with E-state index < -0.39 is 0 Å². The lowest BCUT2D eigenvalue weighted by Crippen LogP contribution is -2.02. The molecule has 0 amide bonds. The topological polar surface area (TPSA) is 48.5 Å². The van der Waals surface area contributed by atoms with Gasteiger partial charge in [0, 0.05) is 49.6 Å². The normalized spacial score (nSPS) is 11.8. The molecule has 10 aromatic carbocycles. The highest BCUT2D eigenvalue weighted by Gasteiger charge is 2.22. The van der Waals surface area contributed by atoms with Gasteiger partial charge in [-0.05, 0) is 81.2 Å². The quantitative estimate of drug-likeness (QED) is 0.168. The van der Waals surface area contributed by atoms with Crippen molar-refractivity contribution >= 4 is 65.2 Å². The zero-order chi connectivity index (χ0) is 42.1. The molecule has 0 aliphatic carbocycles. The van der Waals surface area contributed by atoms with Gasteiger partial charge in [0.1, 0.15) is 0 Å². The SMILES string of the molecule is c1ccc(-c2ccc(-c3nc(-c4ccccc4)nc(-c4cc(-n5c6ccccc6c6cc7c8c9ccccc9ccc8n(-c8ccccc8)c7cc65)cc5ccccc45)n3)cc2)cc1. The second-order valence-electron chi connectivity index (χ2n) is 16.4. The Balaban J connectivity index is 1.07. The Morgan fingerprint density at radius 1 is 0.266 bits per heavy atom. The molecular formula is C59H37N5. The smallest absolute Gasteiger partial charge is 0.164 e. The summed E-state index contributed by atoms with van der Waals surface area (Å²) in [5.74, 6) is 1.87. The fourth-order valence-corrected chi connectivity index (χ4v) is 9.77. The Labute approximate surface area is 368 Å². The molecule has 3 heterocycles. The van der Waals surface area contributed by atoms with Gasteiger partial charge in [-0.2, -0.15) is 0 Å². The van der Waals surface area contributed by atoms with Crippen molar-refractivity contribution in [3.63, 3.8) is 0 Å². The van der Waals surface area contributed by atoms with Gasteiger partial charge in [-0.15, -0.1) is 0 Å². The summed E-state index contributed by atoms with van der Waals surface area (Å²) in [4.78, 5) is 15.7. The second-order valence-corrected chi connectivity index (χ2v) is 16.4. The fraction of sp³-hybridized carbons (Fsp3) is 0. The molecule has 3 aromatic heterocycles. The standard InChI is InChI=1S/C59H37N5/c1-4-16-38(17-5-1)39-28-30-42(31-29-39)58-60-57(41-19-6-2-7-20-41)61-59(62-58)50-35-45(34-43-21-11-12-24-46(43)50)64-52-27-15-14-26-48(52)49-36-51-55(37-54(49)64)63(44-22-8-3-9-23-44)53-33-32-40-18-10-13-25-47(40)56(51)53/h1-37H. The van der Waals surface area contributed by atoms with Crippen molar-refractivity contribution < 1.29 is 0 Å². The molecule has 0 bridgehead atoms. The molecule has 0 spiro atoms. The highest BCUT2D eigenvalue weighted by atomic mass is 15.0. The summed E-state index contributed by atoms with van der Waals surface area (Å²) in [6.45, 7) is 0. The molecule has 0 aliphatic rings. The number of hydrogen-bond donors (Lipinski definition) is 0. The van der Waals surface area contributed by atoms with Gasteiger partial charge in [0.05, 0.1) is 22.1 Å². The van der Waals surface area contributed by atoms with Crippen LogP contribution in [0.25, 0.3) is 122 Å². The number of rotatable bonds is 6. The van der Waals surface area contributed by atoms with Crippen LogP contribution >= 0.6 is 0 Å². The second kappa shape index (κ2) is 14.5. The van der Waals surface area contributed by atoms with E-state index in [2.05, 4.69) is 209 Å². The summed E-state index contributed by atoms with van der Waals surface area (Å²) in [6, 6.07) is 79.9. The maximum Gasteiger partial charge on any atom is 0.164 e. The van der Waals surface area contributed by atoms with Crippen LogP contribution in [0.1, 0.15) is 0 Å². The van der Waals surface area contributed by atoms with E-state index in [-0.39, 0.29) is 0 Å². The zero-order valence-corrected chi connectivity index (χ0v) is 34.6. The third kappa shape index (κ3) is 5.75. The summed E-state index contributed by atoms with van der Waals surface area (Å²) in [5, 5.41) is 9.54. The van der Waals surface area contributed by atoms with Crippen LogP contribution in [0.15, 0.2) is 224 Å². The summed E-state index contributed by atoms with van der Waals surface area (Å²) in [7, 11) is 0. The molecule has 298 valence electrons. The van der Waals surface area contributed by atoms with Gasteiger partial charge in [0.15, 0.2) is 17.5 Å². The Morgan fingerprint density at radius 3 is 1.55 bits per heavy atom. The van der Waals surface area contributed by atoms with Crippen LogP contribution in [0.2, 0.25) is 0 Å². The number of nitrogens with zero attached hydrogens (tertiary/aromatic N) is 5. The summed E-state index contributed by atoms with van der Waals surface area (Å²) >= 11 is 0. The fourth-order valence-electron chi connectivity index (χ4n) is 9.77. The number of para-hydroxylation sites is 2. The van der Waals surface area contributed by atoms with Crippen LogP contribution in [0.3, 0.4) is 0 Å². The Bertz CT molecular complexity index is 3930. The maximum absolute atomic E-state index is 5.30. The van der Waals surface area contributed by atoms with E-state index in [9.17, 15) is 0 Å². The average molecular weight is 816 g/mol. The van der Waals surface area contributed by atoms with Crippen LogP contribution in [-0.2, 0) is 0 Å². The molecule has 5 nitrogen and oxygen atoms in total. The molecule has 0 atom stereocenters. The van der Waals surface area contributed by atoms with Crippen molar-refractivity contribution in [1.82, 2.24) is 24.1 Å². The van der Waals surface area contributed by atoms with Crippen LogP contribution in [0.5, 0.6) is 0 Å². The van der Waals surface area contributed by atoms with Crippen LogP contribution in [0.4, 0.5) is 0 Å². The molecule has 5 heteroatoms. The van der Waals surface area contributed by atoms with Crippen molar-refractivity contribution in [2.45, 2.75) is 0 Å². The third-order valence-electron chi connectivity index (χ3n) is 12.7. The molecule has 0 saturated heterocycles. The lowest BCUT2D eigenvalue weighted by molar-refractivity contribution is 1.07. The number of hydrogen-bond acceptors (Lipinski definition) is 3. The van der Waals surface area contributed by atoms with Gasteiger partial charge in [0.2, 0.25) is 0 Å². The predicted molar refractivity (Wildman–Crippen MR) is 265 cm³/mol. The van der Waals surface area contributed by atoms with Gasteiger partial charge in [-0.1, -0.05) is 176 Å². The first-order valence-corrected chi connectivity index (χ1v) is 21.7. The summed E-state index contributed by atoms with van der Waals surface area (Å²) in [5.41, 5.74) is 11.9. The van der Waals surface area contributed by atoms with Crippen molar-refractivity contribution in [3.05, 3.63) is 224 Å². The minimum absolute atomic E-state index is 0.619. The first-order valence-electron chi connectivity index (χ1n) is 21.7. The largest absolute Gasteiger partial charge is 0.309 e. The highest BCUT2D eigenvalue weighted by Crippen LogP contribution is 2.43. The van der Waals surface area contributed by atoms with Crippen molar-refractivity contribution in [1.29, 1.82) is 0 Å². The summed E-state index contributed by atoms with van der Waals surface area (Å²) in [6.07, 6.45) is 0. The Kier molecular flexibility index (Phi) is 8.15. The molecule has 0 radical (unpaired) electrons. The third-order valence-corrected chi connectivity index (χ3v) is 12.7. The van der Waals surface area contributed by atoms with Crippen molar-refractivity contribution in [2.75, 3.05) is 0 Å². The predicted octanol–water partition coefficient (Wildman–Crippen LogP) is 15.0. The minimum atomic E-state index is 0.619. The number of aromatic nitrogens is 5. The molecule has 13 rings (SSSR count). The lowest BCUT2D eigenvalue weighted by Gasteiger charge is -2.15. The molecule has 0 fully saturated rings. The molecule has 0 saturated carbocycles. The van der Waals surface area contributed by atoms with Crippen molar-refractivity contribution in [2.24, 2.45) is 0 Å².